The molecular weight excluding hydrogens is 242 g/mol. The Bertz CT molecular complexity index is 448. The Hall–Kier alpha value is -1.62. The molecule has 2 unspecified atom stereocenters. The third-order valence-electron chi connectivity index (χ3n) is 3.47. The van der Waals surface area contributed by atoms with Gasteiger partial charge in [0.2, 0.25) is 0 Å². The first kappa shape index (κ1) is 13.8. The van der Waals surface area contributed by atoms with Crippen LogP contribution in [-0.2, 0) is 0 Å². The zero-order valence-electron chi connectivity index (χ0n) is 11.5. The molecule has 1 saturated carbocycles. The van der Waals surface area contributed by atoms with Gasteiger partial charge in [0.15, 0.2) is 0 Å². The Balaban J connectivity index is 2.08. The van der Waals surface area contributed by atoms with Crippen LogP contribution in [0.25, 0.3) is 0 Å². The molecule has 2 atom stereocenters. The SMILES string of the molecule is CN(C)C(=O)c1cc(NC2CCCCC2O)ccn1. The number of aliphatic hydroxyl groups excluding tert-OH is 1. The van der Waals surface area contributed by atoms with Gasteiger partial charge in [0.1, 0.15) is 5.69 Å². The zero-order chi connectivity index (χ0) is 13.8. The van der Waals surface area contributed by atoms with E-state index in [2.05, 4.69) is 10.3 Å². The van der Waals surface area contributed by atoms with Gasteiger partial charge in [-0.05, 0) is 25.0 Å². The van der Waals surface area contributed by atoms with E-state index in [4.69, 9.17) is 0 Å². The predicted octanol–water partition coefficient (Wildman–Crippen LogP) is 1.50. The van der Waals surface area contributed by atoms with Crippen molar-refractivity contribution in [2.75, 3.05) is 19.4 Å². The van der Waals surface area contributed by atoms with Crippen LogP contribution >= 0.6 is 0 Å². The molecule has 19 heavy (non-hydrogen) atoms. The average Bonchev–Trinajstić information content (AvgIpc) is 2.41. The molecule has 0 saturated heterocycles. The van der Waals surface area contributed by atoms with Crippen molar-refractivity contribution in [3.05, 3.63) is 24.0 Å². The number of hydrogen-bond donors (Lipinski definition) is 2. The van der Waals surface area contributed by atoms with Gasteiger partial charge >= 0.3 is 0 Å². The van der Waals surface area contributed by atoms with Crippen LogP contribution in [-0.4, -0.2) is 47.1 Å². The fourth-order valence-corrected chi connectivity index (χ4v) is 2.36. The molecule has 0 aliphatic heterocycles. The molecule has 1 aromatic heterocycles. The average molecular weight is 263 g/mol. The molecule has 2 N–H and O–H groups in total. The van der Waals surface area contributed by atoms with Crippen molar-refractivity contribution in [2.24, 2.45) is 0 Å². The fraction of sp³-hybridized carbons (Fsp3) is 0.571. The number of rotatable bonds is 3. The molecule has 0 aromatic carbocycles. The molecule has 1 heterocycles. The Labute approximate surface area is 113 Å². The summed E-state index contributed by atoms with van der Waals surface area (Å²) in [6, 6.07) is 3.63. The molecule has 5 heteroatoms. The van der Waals surface area contributed by atoms with E-state index in [0.29, 0.717) is 5.69 Å². The second kappa shape index (κ2) is 6.02. The first-order chi connectivity index (χ1) is 9.08. The van der Waals surface area contributed by atoms with Crippen molar-refractivity contribution in [3.63, 3.8) is 0 Å². The number of carbonyl (C=O) groups excluding carboxylic acids is 1. The van der Waals surface area contributed by atoms with E-state index in [9.17, 15) is 9.90 Å². The highest BCUT2D eigenvalue weighted by Crippen LogP contribution is 2.22. The van der Waals surface area contributed by atoms with Crippen molar-refractivity contribution in [1.29, 1.82) is 0 Å². The number of nitrogens with one attached hydrogen (secondary N) is 1. The van der Waals surface area contributed by atoms with Gasteiger partial charge in [-0.1, -0.05) is 12.8 Å². The molecule has 1 aliphatic carbocycles. The van der Waals surface area contributed by atoms with Crippen molar-refractivity contribution >= 4 is 11.6 Å². The number of pyridine rings is 1. The summed E-state index contributed by atoms with van der Waals surface area (Å²) in [5.41, 5.74) is 1.26. The lowest BCUT2D eigenvalue weighted by Crippen LogP contribution is -2.36. The number of anilines is 1. The van der Waals surface area contributed by atoms with Crippen LogP contribution < -0.4 is 5.32 Å². The summed E-state index contributed by atoms with van der Waals surface area (Å²) in [7, 11) is 3.41. The molecule has 1 amide bonds. The van der Waals surface area contributed by atoms with Crippen LogP contribution in [0.4, 0.5) is 5.69 Å². The van der Waals surface area contributed by atoms with Crippen molar-refractivity contribution in [2.45, 2.75) is 37.8 Å². The third-order valence-corrected chi connectivity index (χ3v) is 3.47. The Morgan fingerprint density at radius 2 is 2.16 bits per heavy atom. The van der Waals surface area contributed by atoms with Crippen LogP contribution in [0.5, 0.6) is 0 Å². The van der Waals surface area contributed by atoms with E-state index in [-0.39, 0.29) is 18.1 Å². The quantitative estimate of drug-likeness (QED) is 0.867. The van der Waals surface area contributed by atoms with Gasteiger partial charge in [-0.15, -0.1) is 0 Å². The number of nitrogens with zero attached hydrogens (tertiary/aromatic N) is 2. The molecule has 104 valence electrons. The smallest absolute Gasteiger partial charge is 0.272 e. The van der Waals surface area contributed by atoms with Gasteiger partial charge in [-0.2, -0.15) is 0 Å². The largest absolute Gasteiger partial charge is 0.391 e. The maximum absolute atomic E-state index is 11.8. The van der Waals surface area contributed by atoms with Crippen molar-refractivity contribution < 1.29 is 9.90 Å². The molecule has 1 aliphatic rings. The zero-order valence-corrected chi connectivity index (χ0v) is 11.5. The normalized spacial score (nSPS) is 22.9. The summed E-state index contributed by atoms with van der Waals surface area (Å²) in [5.74, 6) is -0.118. The second-order valence-corrected chi connectivity index (χ2v) is 5.23. The van der Waals surface area contributed by atoms with Crippen LogP contribution in [0.15, 0.2) is 18.3 Å². The monoisotopic (exact) mass is 263 g/mol. The minimum absolute atomic E-state index is 0.0680. The molecular formula is C14H21N3O2. The number of carbonyl (C=O) groups is 1. The van der Waals surface area contributed by atoms with Gasteiger partial charge in [-0.3, -0.25) is 9.78 Å². The molecule has 0 spiro atoms. The molecule has 0 radical (unpaired) electrons. The summed E-state index contributed by atoms with van der Waals surface area (Å²) >= 11 is 0. The van der Waals surface area contributed by atoms with Gasteiger partial charge in [-0.25, -0.2) is 0 Å². The molecule has 2 rings (SSSR count). The van der Waals surface area contributed by atoms with E-state index in [1.165, 1.54) is 4.90 Å². The van der Waals surface area contributed by atoms with Crippen LogP contribution in [0, 0.1) is 0 Å². The Morgan fingerprint density at radius 3 is 2.84 bits per heavy atom. The summed E-state index contributed by atoms with van der Waals surface area (Å²) in [6.45, 7) is 0. The highest BCUT2D eigenvalue weighted by Gasteiger charge is 2.23. The highest BCUT2D eigenvalue weighted by atomic mass is 16.3. The first-order valence-electron chi connectivity index (χ1n) is 6.70. The highest BCUT2D eigenvalue weighted by molar-refractivity contribution is 5.92. The fourth-order valence-electron chi connectivity index (χ4n) is 2.36. The number of hydrogen-bond acceptors (Lipinski definition) is 4. The minimum Gasteiger partial charge on any atom is -0.391 e. The lowest BCUT2D eigenvalue weighted by molar-refractivity contribution is 0.0822. The summed E-state index contributed by atoms with van der Waals surface area (Å²) < 4.78 is 0. The molecule has 1 fully saturated rings. The minimum atomic E-state index is -0.310. The Kier molecular flexibility index (Phi) is 4.37. The summed E-state index contributed by atoms with van der Waals surface area (Å²) in [6.07, 6.45) is 5.32. The van der Waals surface area contributed by atoms with E-state index in [0.717, 1.165) is 31.4 Å². The van der Waals surface area contributed by atoms with Crippen LogP contribution in [0.3, 0.4) is 0 Å². The van der Waals surface area contributed by atoms with E-state index < -0.39 is 0 Å². The van der Waals surface area contributed by atoms with Crippen LogP contribution in [0.1, 0.15) is 36.2 Å². The predicted molar refractivity (Wildman–Crippen MR) is 74.1 cm³/mol. The molecule has 1 aromatic rings. The standard InChI is InChI=1S/C14H21N3O2/c1-17(2)14(19)12-9-10(7-8-15-12)16-11-5-3-4-6-13(11)18/h7-9,11,13,18H,3-6H2,1-2H3,(H,15,16). The number of aromatic nitrogens is 1. The maximum atomic E-state index is 11.8. The van der Waals surface area contributed by atoms with E-state index in [1.54, 1.807) is 26.4 Å². The second-order valence-electron chi connectivity index (χ2n) is 5.23. The van der Waals surface area contributed by atoms with Gasteiger partial charge < -0.3 is 15.3 Å². The number of amides is 1. The van der Waals surface area contributed by atoms with Gasteiger partial charge in [0.05, 0.1) is 12.1 Å². The third kappa shape index (κ3) is 3.44. The van der Waals surface area contributed by atoms with E-state index >= 15 is 0 Å². The summed E-state index contributed by atoms with van der Waals surface area (Å²) in [4.78, 5) is 17.4. The number of aliphatic hydroxyl groups is 1. The molecule has 0 bridgehead atoms. The molecule has 5 nitrogen and oxygen atoms in total. The first-order valence-corrected chi connectivity index (χ1v) is 6.70. The van der Waals surface area contributed by atoms with Gasteiger partial charge in [0.25, 0.3) is 5.91 Å². The lowest BCUT2D eigenvalue weighted by atomic mass is 9.92. The topological polar surface area (TPSA) is 65.5 Å². The maximum Gasteiger partial charge on any atom is 0.272 e. The van der Waals surface area contributed by atoms with E-state index in [1.807, 2.05) is 6.07 Å². The van der Waals surface area contributed by atoms with Crippen molar-refractivity contribution in [3.8, 4) is 0 Å². The lowest BCUT2D eigenvalue weighted by Gasteiger charge is -2.29. The van der Waals surface area contributed by atoms with Gasteiger partial charge in [0, 0.05) is 26.0 Å². The summed E-state index contributed by atoms with van der Waals surface area (Å²) in [5, 5.41) is 13.2. The van der Waals surface area contributed by atoms with Crippen LogP contribution in [0.2, 0.25) is 0 Å². The van der Waals surface area contributed by atoms with Crippen molar-refractivity contribution in [1.82, 2.24) is 9.88 Å². The Morgan fingerprint density at radius 1 is 1.42 bits per heavy atom.